The summed E-state index contributed by atoms with van der Waals surface area (Å²) in [5.41, 5.74) is 3.14. The second-order valence-corrected chi connectivity index (χ2v) is 15.7. The first kappa shape index (κ1) is 27.5. The van der Waals surface area contributed by atoms with Crippen LogP contribution in [0.5, 0.6) is 0 Å². The molecule has 3 N–H and O–H groups in total. The molecule has 0 fully saturated rings. The van der Waals surface area contributed by atoms with Gasteiger partial charge in [0.25, 0.3) is 8.32 Å². The van der Waals surface area contributed by atoms with Gasteiger partial charge in [-0.15, -0.1) is 0 Å². The van der Waals surface area contributed by atoms with Gasteiger partial charge in [0.05, 0.1) is 28.4 Å². The van der Waals surface area contributed by atoms with Crippen molar-refractivity contribution in [1.82, 2.24) is 15.2 Å². The smallest absolute Gasteiger partial charge is 0.261 e. The molecule has 0 aliphatic rings. The number of hydrogen-bond donors (Lipinski definition) is 3. The second-order valence-electron chi connectivity index (χ2n) is 10.6. The van der Waals surface area contributed by atoms with Crippen molar-refractivity contribution in [2.24, 2.45) is 0 Å². The minimum atomic E-state index is -2.84. The minimum absolute atomic E-state index is 0.0429. The molecule has 202 valence electrons. The minimum Gasteiger partial charge on any atom is -0.404 e. The Morgan fingerprint density at radius 3 is 2.21 bits per heavy atom. The van der Waals surface area contributed by atoms with Gasteiger partial charge in [-0.3, -0.25) is 5.10 Å². The van der Waals surface area contributed by atoms with Crippen LogP contribution in [0.25, 0.3) is 22.0 Å². The largest absolute Gasteiger partial charge is 0.404 e. The summed E-state index contributed by atoms with van der Waals surface area (Å²) in [6, 6.07) is 22.2. The van der Waals surface area contributed by atoms with E-state index in [4.69, 9.17) is 27.6 Å². The molecule has 0 amide bonds. The van der Waals surface area contributed by atoms with Crippen molar-refractivity contribution in [3.63, 3.8) is 0 Å². The molecule has 1 unspecified atom stereocenters. The van der Waals surface area contributed by atoms with E-state index in [1.165, 1.54) is 0 Å². The standard InChI is InChI=1S/C30H31Cl2FN4OSi/c1-30(2,3)39(22-10-6-4-7-11-22,23-12-8-5-9-13-23)38-19-21(33)17-34-26-14-25(31)28(32)29-27(26)24(18-35-29)20-15-36-37-16-20/h4-16,18,21,34-35H,17,19H2,1-3H3,(H,36,37). The van der Waals surface area contributed by atoms with Gasteiger partial charge in [0, 0.05) is 41.1 Å². The molecule has 0 spiro atoms. The van der Waals surface area contributed by atoms with E-state index in [1.807, 2.05) is 42.6 Å². The summed E-state index contributed by atoms with van der Waals surface area (Å²) in [7, 11) is -2.84. The third kappa shape index (κ3) is 5.24. The van der Waals surface area contributed by atoms with E-state index in [2.05, 4.69) is 65.5 Å². The Hall–Kier alpha value is -3.10. The molecule has 5 rings (SSSR count). The lowest BCUT2D eigenvalue weighted by molar-refractivity contribution is 0.194. The summed E-state index contributed by atoms with van der Waals surface area (Å²) in [5, 5.41) is 13.8. The molecule has 39 heavy (non-hydrogen) atoms. The Morgan fingerprint density at radius 1 is 1.00 bits per heavy atom. The summed E-state index contributed by atoms with van der Waals surface area (Å²) in [6.45, 7) is 6.54. The van der Waals surface area contributed by atoms with Crippen LogP contribution >= 0.6 is 23.2 Å². The lowest BCUT2D eigenvalue weighted by Crippen LogP contribution is -2.67. The molecule has 5 aromatic rings. The fraction of sp³-hybridized carbons (Fsp3) is 0.233. The molecule has 0 aliphatic heterocycles. The van der Waals surface area contributed by atoms with Crippen LogP contribution in [-0.2, 0) is 4.43 Å². The number of anilines is 1. The molecular formula is C30H31Cl2FN4OSi. The summed E-state index contributed by atoms with van der Waals surface area (Å²) < 4.78 is 22.4. The molecule has 0 saturated heterocycles. The van der Waals surface area contributed by atoms with Gasteiger partial charge in [-0.2, -0.15) is 5.10 Å². The number of halogens is 3. The monoisotopic (exact) mass is 580 g/mol. The van der Waals surface area contributed by atoms with Crippen LogP contribution in [0.3, 0.4) is 0 Å². The van der Waals surface area contributed by atoms with Gasteiger partial charge >= 0.3 is 0 Å². The van der Waals surface area contributed by atoms with Crippen molar-refractivity contribution in [3.05, 3.63) is 95.4 Å². The first-order valence-corrected chi connectivity index (χ1v) is 15.5. The Bertz CT molecular complexity index is 1500. The Balaban J connectivity index is 1.42. The van der Waals surface area contributed by atoms with Gasteiger partial charge in [-0.25, -0.2) is 4.39 Å². The third-order valence-corrected chi connectivity index (χ3v) is 12.9. The summed E-state index contributed by atoms with van der Waals surface area (Å²) in [4.78, 5) is 3.20. The lowest BCUT2D eigenvalue weighted by atomic mass is 10.1. The van der Waals surface area contributed by atoms with Crippen LogP contribution in [0, 0.1) is 0 Å². The van der Waals surface area contributed by atoms with Crippen molar-refractivity contribution in [2.45, 2.75) is 32.0 Å². The maximum absolute atomic E-state index is 15.7. The topological polar surface area (TPSA) is 65.7 Å². The van der Waals surface area contributed by atoms with Crippen molar-refractivity contribution >= 4 is 58.5 Å². The Morgan fingerprint density at radius 2 is 1.64 bits per heavy atom. The number of aromatic amines is 2. The predicted octanol–water partition coefficient (Wildman–Crippen LogP) is 7.19. The number of nitrogens with one attached hydrogen (secondary N) is 3. The number of nitrogens with zero attached hydrogens (tertiary/aromatic N) is 1. The van der Waals surface area contributed by atoms with Crippen LogP contribution in [0.1, 0.15) is 20.8 Å². The highest BCUT2D eigenvalue weighted by atomic mass is 35.5. The van der Waals surface area contributed by atoms with Gasteiger partial charge in [0.2, 0.25) is 0 Å². The molecule has 2 aromatic heterocycles. The van der Waals surface area contributed by atoms with Crippen LogP contribution in [0.4, 0.5) is 10.1 Å². The van der Waals surface area contributed by atoms with Crippen molar-refractivity contribution in [3.8, 4) is 11.1 Å². The predicted molar refractivity (Wildman–Crippen MR) is 163 cm³/mol. The average Bonchev–Trinajstić information content (AvgIpc) is 3.61. The number of fused-ring (bicyclic) bond motifs is 1. The maximum Gasteiger partial charge on any atom is 0.261 e. The summed E-state index contributed by atoms with van der Waals surface area (Å²) in [6.07, 6.45) is 4.10. The van der Waals surface area contributed by atoms with Crippen LogP contribution < -0.4 is 15.7 Å². The molecule has 3 aromatic carbocycles. The highest BCUT2D eigenvalue weighted by Crippen LogP contribution is 2.41. The molecule has 1 atom stereocenters. The lowest BCUT2D eigenvalue weighted by Gasteiger charge is -2.43. The highest BCUT2D eigenvalue weighted by Gasteiger charge is 2.50. The van der Waals surface area contributed by atoms with Crippen molar-refractivity contribution in [2.75, 3.05) is 18.5 Å². The quantitative estimate of drug-likeness (QED) is 0.162. The van der Waals surface area contributed by atoms with Gasteiger partial charge in [0.1, 0.15) is 6.17 Å². The van der Waals surface area contributed by atoms with E-state index < -0.39 is 14.5 Å². The fourth-order valence-corrected chi connectivity index (χ4v) is 10.3. The summed E-state index contributed by atoms with van der Waals surface area (Å²) in [5.74, 6) is 0. The Labute approximate surface area is 238 Å². The highest BCUT2D eigenvalue weighted by molar-refractivity contribution is 6.99. The SMILES string of the molecule is CC(C)(C)[Si](OCC(F)CNc1cc(Cl)c(Cl)c2[nH]cc(-c3cn[nH]c3)c12)(c1ccccc1)c1ccccc1. The first-order chi connectivity index (χ1) is 18.7. The molecule has 0 saturated carbocycles. The first-order valence-electron chi connectivity index (χ1n) is 12.8. The van der Waals surface area contributed by atoms with E-state index in [0.29, 0.717) is 21.2 Å². The Kier molecular flexibility index (Phi) is 7.87. The van der Waals surface area contributed by atoms with Gasteiger partial charge in [-0.1, -0.05) is 105 Å². The number of alkyl halides is 1. The summed E-state index contributed by atoms with van der Waals surface area (Å²) >= 11 is 12.9. The van der Waals surface area contributed by atoms with E-state index in [9.17, 15) is 0 Å². The number of hydrogen-bond acceptors (Lipinski definition) is 3. The zero-order valence-electron chi connectivity index (χ0n) is 22.1. The van der Waals surface area contributed by atoms with E-state index in [1.54, 1.807) is 18.5 Å². The van der Waals surface area contributed by atoms with Crippen molar-refractivity contribution < 1.29 is 8.82 Å². The maximum atomic E-state index is 15.7. The molecule has 0 bridgehead atoms. The number of H-pyrrole nitrogens is 2. The normalized spacial score (nSPS) is 13.1. The molecule has 5 nitrogen and oxygen atoms in total. The van der Waals surface area contributed by atoms with E-state index in [-0.39, 0.29) is 18.2 Å². The molecular weight excluding hydrogens is 550 g/mol. The zero-order valence-corrected chi connectivity index (χ0v) is 24.6. The van der Waals surface area contributed by atoms with Crippen LogP contribution in [-0.4, -0.2) is 42.8 Å². The molecule has 9 heteroatoms. The molecule has 2 heterocycles. The van der Waals surface area contributed by atoms with E-state index in [0.717, 1.165) is 26.9 Å². The average molecular weight is 582 g/mol. The molecule has 0 aliphatic carbocycles. The number of rotatable bonds is 9. The van der Waals surface area contributed by atoms with Crippen molar-refractivity contribution in [1.29, 1.82) is 0 Å². The fourth-order valence-electron chi connectivity index (χ4n) is 5.28. The van der Waals surface area contributed by atoms with Gasteiger partial charge in [0.15, 0.2) is 0 Å². The number of benzene rings is 3. The van der Waals surface area contributed by atoms with Crippen LogP contribution in [0.15, 0.2) is 85.3 Å². The van der Waals surface area contributed by atoms with Gasteiger partial charge < -0.3 is 14.7 Å². The zero-order chi connectivity index (χ0) is 27.6. The van der Waals surface area contributed by atoms with Crippen LogP contribution in [0.2, 0.25) is 15.1 Å². The number of aromatic nitrogens is 3. The second kappa shape index (κ2) is 11.2. The van der Waals surface area contributed by atoms with E-state index >= 15 is 4.39 Å². The molecule has 0 radical (unpaired) electrons. The van der Waals surface area contributed by atoms with Gasteiger partial charge in [-0.05, 0) is 21.5 Å². The third-order valence-electron chi connectivity index (χ3n) is 7.07.